The Morgan fingerprint density at radius 1 is 1.13 bits per heavy atom. The molecule has 0 heterocycles. The van der Waals surface area contributed by atoms with E-state index in [9.17, 15) is 19.5 Å². The van der Waals surface area contributed by atoms with Gasteiger partial charge in [0.1, 0.15) is 17.7 Å². The third kappa shape index (κ3) is 6.73. The number of benzene rings is 2. The first-order valence-electron chi connectivity index (χ1n) is 12.7. The van der Waals surface area contributed by atoms with Gasteiger partial charge in [-0.15, -0.1) is 6.42 Å². The van der Waals surface area contributed by atoms with Crippen LogP contribution < -0.4 is 10.6 Å². The van der Waals surface area contributed by atoms with Crippen molar-refractivity contribution in [3.8, 4) is 12.3 Å². The highest BCUT2D eigenvalue weighted by molar-refractivity contribution is 6.00. The van der Waals surface area contributed by atoms with E-state index < -0.39 is 42.2 Å². The largest absolute Gasteiger partial charge is 0.444 e. The molecule has 8 nitrogen and oxygen atoms in total. The number of aliphatic hydroxyl groups is 1. The molecule has 2 aromatic rings. The van der Waals surface area contributed by atoms with Crippen LogP contribution in [0.2, 0.25) is 0 Å². The molecule has 1 aliphatic carbocycles. The van der Waals surface area contributed by atoms with E-state index in [1.165, 1.54) is 4.90 Å². The van der Waals surface area contributed by atoms with E-state index >= 15 is 0 Å². The minimum atomic E-state index is -1.31. The topological polar surface area (TPSA) is 108 Å². The first-order valence-corrected chi connectivity index (χ1v) is 12.7. The molecule has 8 heteroatoms. The van der Waals surface area contributed by atoms with Gasteiger partial charge in [-0.25, -0.2) is 4.79 Å². The summed E-state index contributed by atoms with van der Waals surface area (Å²) in [5.41, 5.74) is 2.57. The van der Waals surface area contributed by atoms with Crippen LogP contribution in [0.4, 0.5) is 10.5 Å². The summed E-state index contributed by atoms with van der Waals surface area (Å²) in [6.07, 6.45) is 5.63. The Morgan fingerprint density at radius 2 is 1.74 bits per heavy atom. The van der Waals surface area contributed by atoms with Gasteiger partial charge in [0.25, 0.3) is 5.91 Å². The molecule has 0 spiro atoms. The zero-order chi connectivity index (χ0) is 28.2. The predicted molar refractivity (Wildman–Crippen MR) is 146 cm³/mol. The number of ether oxygens (including phenoxy) is 1. The molecule has 2 aromatic carbocycles. The van der Waals surface area contributed by atoms with Crippen molar-refractivity contribution in [3.63, 3.8) is 0 Å². The second-order valence-corrected chi connectivity index (χ2v) is 10.8. The lowest BCUT2D eigenvalue weighted by Crippen LogP contribution is -2.54. The number of nitrogens with one attached hydrogen (secondary N) is 2. The number of nitrogens with zero attached hydrogens (tertiary/aromatic N) is 1. The van der Waals surface area contributed by atoms with Crippen LogP contribution in [-0.4, -0.2) is 52.2 Å². The van der Waals surface area contributed by atoms with Crippen LogP contribution in [-0.2, 0) is 14.3 Å². The summed E-state index contributed by atoms with van der Waals surface area (Å²) >= 11 is 0. The van der Waals surface area contributed by atoms with E-state index in [0.29, 0.717) is 23.2 Å². The molecule has 0 saturated heterocycles. The first kappa shape index (κ1) is 28.7. The van der Waals surface area contributed by atoms with Crippen LogP contribution >= 0.6 is 0 Å². The standard InChI is InChI=1S/C30H37N3O5/c1-8-21-14-9-10-15-22(21)26(27(35)32-25-18(2)12-11-13-19(25)3)33(24-16-20(24)4)28(36)23(17-34)31-29(37)38-30(5,6)7/h1,9-15,20,23-24,26,34H,16-17H2,2-7H3,(H,31,37)(H,32,35). The van der Waals surface area contributed by atoms with E-state index in [2.05, 4.69) is 16.6 Å². The molecule has 3 rings (SSSR count). The van der Waals surface area contributed by atoms with Crippen molar-refractivity contribution in [1.82, 2.24) is 10.2 Å². The highest BCUT2D eigenvalue weighted by Gasteiger charge is 2.48. The zero-order valence-electron chi connectivity index (χ0n) is 22.9. The van der Waals surface area contributed by atoms with Crippen molar-refractivity contribution in [2.24, 2.45) is 5.92 Å². The number of aliphatic hydroxyl groups excluding tert-OH is 1. The SMILES string of the molecule is C#Cc1ccccc1C(C(=O)Nc1c(C)cccc1C)N(C(=O)C(CO)NC(=O)OC(C)(C)C)C1CC1C. The number of amides is 3. The zero-order valence-corrected chi connectivity index (χ0v) is 22.9. The molecule has 202 valence electrons. The molecule has 1 fully saturated rings. The van der Waals surface area contributed by atoms with Crippen molar-refractivity contribution in [2.75, 3.05) is 11.9 Å². The van der Waals surface area contributed by atoms with Crippen LogP contribution in [0.5, 0.6) is 0 Å². The lowest BCUT2D eigenvalue weighted by atomic mass is 9.96. The molecule has 0 aliphatic heterocycles. The van der Waals surface area contributed by atoms with Gasteiger partial charge in [-0.2, -0.15) is 0 Å². The summed E-state index contributed by atoms with van der Waals surface area (Å²) in [5, 5.41) is 15.6. The third-order valence-electron chi connectivity index (χ3n) is 6.52. The van der Waals surface area contributed by atoms with E-state index in [1.54, 1.807) is 45.0 Å². The van der Waals surface area contributed by atoms with Gasteiger partial charge in [-0.1, -0.05) is 49.2 Å². The Bertz CT molecular complexity index is 1220. The third-order valence-corrected chi connectivity index (χ3v) is 6.52. The molecule has 0 bridgehead atoms. The fraction of sp³-hybridized carbons (Fsp3) is 0.433. The highest BCUT2D eigenvalue weighted by Crippen LogP contribution is 2.41. The molecular formula is C30H37N3O5. The summed E-state index contributed by atoms with van der Waals surface area (Å²) in [7, 11) is 0. The molecule has 3 amide bonds. The van der Waals surface area contributed by atoms with Crippen LogP contribution in [0, 0.1) is 32.1 Å². The summed E-state index contributed by atoms with van der Waals surface area (Å²) in [4.78, 5) is 41.9. The van der Waals surface area contributed by atoms with Gasteiger partial charge in [-0.3, -0.25) is 9.59 Å². The summed E-state index contributed by atoms with van der Waals surface area (Å²) in [6.45, 7) is 10.2. The molecule has 4 unspecified atom stereocenters. The number of aryl methyl sites for hydroxylation is 2. The van der Waals surface area contributed by atoms with Crippen molar-refractivity contribution < 1.29 is 24.2 Å². The maximum Gasteiger partial charge on any atom is 0.408 e. The number of rotatable bonds is 8. The lowest BCUT2D eigenvalue weighted by Gasteiger charge is -2.35. The molecule has 38 heavy (non-hydrogen) atoms. The van der Waals surface area contributed by atoms with Gasteiger partial charge in [-0.05, 0) is 69.7 Å². The van der Waals surface area contributed by atoms with Gasteiger partial charge in [0, 0.05) is 17.3 Å². The fourth-order valence-corrected chi connectivity index (χ4v) is 4.47. The second kappa shape index (κ2) is 11.7. The van der Waals surface area contributed by atoms with E-state index in [1.807, 2.05) is 39.0 Å². The quantitative estimate of drug-likeness (QED) is 0.456. The Labute approximate surface area is 224 Å². The van der Waals surface area contributed by atoms with Gasteiger partial charge >= 0.3 is 6.09 Å². The Hall–Kier alpha value is -3.83. The number of para-hydroxylation sites is 1. The molecule has 1 saturated carbocycles. The first-order chi connectivity index (χ1) is 17.9. The van der Waals surface area contributed by atoms with Crippen molar-refractivity contribution in [3.05, 3.63) is 64.7 Å². The van der Waals surface area contributed by atoms with Crippen LogP contribution in [0.3, 0.4) is 0 Å². The van der Waals surface area contributed by atoms with Gasteiger partial charge in [0.15, 0.2) is 0 Å². The number of hydrogen-bond acceptors (Lipinski definition) is 5. The number of alkyl carbamates (subject to hydrolysis) is 1. The Balaban J connectivity index is 2.07. The van der Waals surface area contributed by atoms with Crippen molar-refractivity contribution in [2.45, 2.75) is 71.7 Å². The summed E-state index contributed by atoms with van der Waals surface area (Å²) < 4.78 is 5.29. The van der Waals surface area contributed by atoms with E-state index in [-0.39, 0.29) is 12.0 Å². The van der Waals surface area contributed by atoms with Gasteiger partial charge < -0.3 is 25.4 Å². The number of anilines is 1. The Kier molecular flexibility index (Phi) is 8.85. The van der Waals surface area contributed by atoms with Crippen LogP contribution in [0.15, 0.2) is 42.5 Å². The van der Waals surface area contributed by atoms with E-state index in [4.69, 9.17) is 11.2 Å². The average Bonchev–Trinajstić information content (AvgIpc) is 3.57. The molecule has 3 N–H and O–H groups in total. The van der Waals surface area contributed by atoms with Crippen LogP contribution in [0.25, 0.3) is 0 Å². The minimum Gasteiger partial charge on any atom is -0.444 e. The predicted octanol–water partition coefficient (Wildman–Crippen LogP) is 4.09. The minimum absolute atomic E-state index is 0.119. The summed E-state index contributed by atoms with van der Waals surface area (Å²) in [6, 6.07) is 9.98. The van der Waals surface area contributed by atoms with Gasteiger partial charge in [0.05, 0.1) is 6.61 Å². The van der Waals surface area contributed by atoms with Crippen molar-refractivity contribution in [1.29, 1.82) is 0 Å². The highest BCUT2D eigenvalue weighted by atomic mass is 16.6. The molecule has 1 aliphatic rings. The van der Waals surface area contributed by atoms with Gasteiger partial charge in [0.2, 0.25) is 5.91 Å². The average molecular weight is 520 g/mol. The summed E-state index contributed by atoms with van der Waals surface area (Å²) in [5.74, 6) is 1.71. The maximum absolute atomic E-state index is 14.0. The number of terminal acetylenes is 1. The van der Waals surface area contributed by atoms with Crippen molar-refractivity contribution >= 4 is 23.6 Å². The van der Waals surface area contributed by atoms with E-state index in [0.717, 1.165) is 11.1 Å². The normalized spacial score (nSPS) is 17.9. The molecule has 4 atom stereocenters. The van der Waals surface area contributed by atoms with Crippen LogP contribution in [0.1, 0.15) is 62.4 Å². The number of carbonyl (C=O) groups is 3. The Morgan fingerprint density at radius 3 is 2.26 bits per heavy atom. The number of hydrogen-bond donors (Lipinski definition) is 3. The molecule has 0 aromatic heterocycles. The fourth-order valence-electron chi connectivity index (χ4n) is 4.47. The second-order valence-electron chi connectivity index (χ2n) is 10.8. The molecule has 0 radical (unpaired) electrons. The lowest BCUT2D eigenvalue weighted by molar-refractivity contribution is -0.142. The molecular weight excluding hydrogens is 482 g/mol. The smallest absolute Gasteiger partial charge is 0.408 e. The monoisotopic (exact) mass is 519 g/mol. The number of carbonyl (C=O) groups excluding carboxylic acids is 3. The maximum atomic E-state index is 14.0.